The molecular weight excluding hydrogens is 476 g/mol. The highest BCUT2D eigenvalue weighted by atomic mass is 32.2. The topological polar surface area (TPSA) is 111 Å². The number of nitrogens with one attached hydrogen (secondary N) is 2. The zero-order valence-corrected chi connectivity index (χ0v) is 20.7. The first-order valence-electron chi connectivity index (χ1n) is 11.7. The van der Waals surface area contributed by atoms with Gasteiger partial charge < -0.3 is 15.4 Å². The Balaban J connectivity index is 1.23. The van der Waals surface area contributed by atoms with Gasteiger partial charge in [0.05, 0.1) is 35.4 Å². The van der Waals surface area contributed by atoms with E-state index in [-0.39, 0.29) is 17.9 Å². The number of ether oxygens (including phenoxy) is 1. The predicted molar refractivity (Wildman–Crippen MR) is 137 cm³/mol. The van der Waals surface area contributed by atoms with Crippen LogP contribution in [0.5, 0.6) is 5.88 Å². The fourth-order valence-electron chi connectivity index (χ4n) is 4.78. The average Bonchev–Trinajstić information content (AvgIpc) is 3.31. The van der Waals surface area contributed by atoms with Gasteiger partial charge in [-0.2, -0.15) is 5.10 Å². The van der Waals surface area contributed by atoms with E-state index >= 15 is 0 Å². The highest BCUT2D eigenvalue weighted by Gasteiger charge is 2.26. The van der Waals surface area contributed by atoms with Gasteiger partial charge in [-0.25, -0.2) is 9.67 Å². The van der Waals surface area contributed by atoms with E-state index in [9.17, 15) is 9.59 Å². The van der Waals surface area contributed by atoms with Crippen LogP contribution in [0.1, 0.15) is 33.6 Å². The van der Waals surface area contributed by atoms with Crippen LogP contribution in [0, 0.1) is 6.92 Å². The lowest BCUT2D eigenvalue weighted by molar-refractivity contribution is -0.113. The Kier molecular flexibility index (Phi) is 5.60. The van der Waals surface area contributed by atoms with Gasteiger partial charge in [0.25, 0.3) is 5.91 Å². The molecule has 9 nitrogen and oxygen atoms in total. The lowest BCUT2D eigenvalue weighted by Crippen LogP contribution is -2.39. The summed E-state index contributed by atoms with van der Waals surface area (Å²) in [7, 11) is 1.59. The van der Waals surface area contributed by atoms with Crippen molar-refractivity contribution in [3.63, 3.8) is 0 Å². The van der Waals surface area contributed by atoms with Crippen molar-refractivity contribution in [2.45, 2.75) is 37.1 Å². The molecule has 6 rings (SSSR count). The number of fused-ring (bicyclic) bond motifs is 3. The second-order valence-electron chi connectivity index (χ2n) is 9.01. The standard InChI is InChI=1S/C26H24N6O3S/c1-14-9-22-20(29-23(33)13-36-22)11-17(14)26(34)28-16-3-4-18-15(10-16)12-32(31-18)21-7-8-27-19-5-6-24(35-2)30-25(19)21/h5-9,11-12,16H,3-4,10,13H2,1-2H3,(H,28,34)(H,29,33). The first-order valence-corrected chi connectivity index (χ1v) is 12.7. The maximum atomic E-state index is 13.2. The van der Waals surface area contributed by atoms with Crippen LogP contribution < -0.4 is 15.4 Å². The molecule has 3 aromatic heterocycles. The van der Waals surface area contributed by atoms with Gasteiger partial charge in [-0.1, -0.05) is 0 Å². The number of nitrogens with zero attached hydrogens (tertiary/aromatic N) is 4. The van der Waals surface area contributed by atoms with Crippen LogP contribution in [0.25, 0.3) is 16.7 Å². The summed E-state index contributed by atoms with van der Waals surface area (Å²) < 4.78 is 7.14. The van der Waals surface area contributed by atoms with E-state index in [0.717, 1.165) is 51.3 Å². The molecule has 2 aliphatic rings. The van der Waals surface area contributed by atoms with Crippen LogP contribution in [0.3, 0.4) is 0 Å². The van der Waals surface area contributed by atoms with E-state index in [1.165, 1.54) is 11.8 Å². The highest BCUT2D eigenvalue weighted by Crippen LogP contribution is 2.34. The number of carbonyl (C=O) groups excluding carboxylic acids is 2. The van der Waals surface area contributed by atoms with Crippen molar-refractivity contribution in [3.05, 3.63) is 65.1 Å². The Morgan fingerprint density at radius 2 is 2.17 bits per heavy atom. The van der Waals surface area contributed by atoms with Crippen molar-refractivity contribution in [2.24, 2.45) is 0 Å². The zero-order chi connectivity index (χ0) is 24.8. The van der Waals surface area contributed by atoms with Crippen LogP contribution in [0.15, 0.2) is 47.6 Å². The van der Waals surface area contributed by atoms with Crippen molar-refractivity contribution in [1.82, 2.24) is 25.1 Å². The smallest absolute Gasteiger partial charge is 0.251 e. The van der Waals surface area contributed by atoms with E-state index in [1.807, 2.05) is 36.0 Å². The molecule has 1 aliphatic heterocycles. The molecule has 0 radical (unpaired) electrons. The largest absolute Gasteiger partial charge is 0.481 e. The number of rotatable bonds is 4. The summed E-state index contributed by atoms with van der Waals surface area (Å²) in [6, 6.07) is 9.31. The van der Waals surface area contributed by atoms with E-state index in [2.05, 4.69) is 20.6 Å². The van der Waals surface area contributed by atoms with Crippen LogP contribution in [-0.4, -0.2) is 50.5 Å². The van der Waals surface area contributed by atoms with Gasteiger partial charge in [-0.3, -0.25) is 14.6 Å². The number of aromatic nitrogens is 4. The third-order valence-corrected chi connectivity index (χ3v) is 7.66. The number of benzene rings is 1. The lowest BCUT2D eigenvalue weighted by atomic mass is 9.93. The third-order valence-electron chi connectivity index (χ3n) is 6.61. The maximum absolute atomic E-state index is 13.2. The minimum Gasteiger partial charge on any atom is -0.481 e. The van der Waals surface area contributed by atoms with Gasteiger partial charge in [0.1, 0.15) is 5.52 Å². The van der Waals surface area contributed by atoms with Crippen molar-refractivity contribution in [2.75, 3.05) is 18.2 Å². The fraction of sp³-hybridized carbons (Fsp3) is 0.269. The Hall–Kier alpha value is -3.92. The van der Waals surface area contributed by atoms with E-state index in [4.69, 9.17) is 9.84 Å². The summed E-state index contributed by atoms with van der Waals surface area (Å²) >= 11 is 1.49. The summed E-state index contributed by atoms with van der Waals surface area (Å²) in [5.74, 6) is 0.745. The molecule has 1 aliphatic carbocycles. The molecule has 2 amide bonds. The summed E-state index contributed by atoms with van der Waals surface area (Å²) in [5, 5.41) is 10.9. The quantitative estimate of drug-likeness (QED) is 0.441. The minimum atomic E-state index is -0.127. The normalized spacial score (nSPS) is 16.7. The molecule has 1 atom stereocenters. The SMILES string of the molecule is COc1ccc2nccc(-n3cc4c(n3)CCC(NC(=O)c3cc5c(cc3C)SCC(=O)N5)C4)c2n1. The number of carbonyl (C=O) groups is 2. The molecule has 182 valence electrons. The van der Waals surface area contributed by atoms with Gasteiger partial charge >= 0.3 is 0 Å². The second kappa shape index (κ2) is 8.94. The molecule has 4 heterocycles. The predicted octanol–water partition coefficient (Wildman–Crippen LogP) is 3.46. The molecule has 0 saturated heterocycles. The average molecular weight is 501 g/mol. The molecule has 1 unspecified atom stereocenters. The number of anilines is 1. The van der Waals surface area contributed by atoms with E-state index < -0.39 is 0 Å². The van der Waals surface area contributed by atoms with Gasteiger partial charge in [0, 0.05) is 35.0 Å². The van der Waals surface area contributed by atoms with Gasteiger partial charge in [0.15, 0.2) is 0 Å². The summed E-state index contributed by atoms with van der Waals surface area (Å²) in [6.07, 6.45) is 6.02. The molecule has 10 heteroatoms. The zero-order valence-electron chi connectivity index (χ0n) is 19.9. The molecule has 2 N–H and O–H groups in total. The second-order valence-corrected chi connectivity index (χ2v) is 10.0. The highest BCUT2D eigenvalue weighted by molar-refractivity contribution is 8.00. The molecule has 4 aromatic rings. The Morgan fingerprint density at radius 3 is 3.03 bits per heavy atom. The number of methoxy groups -OCH3 is 1. The minimum absolute atomic E-state index is 0.00514. The summed E-state index contributed by atoms with van der Waals surface area (Å²) in [6.45, 7) is 1.93. The first kappa shape index (κ1) is 22.5. The van der Waals surface area contributed by atoms with Crippen molar-refractivity contribution >= 4 is 40.3 Å². The van der Waals surface area contributed by atoms with Gasteiger partial charge in [0.2, 0.25) is 11.8 Å². The van der Waals surface area contributed by atoms with Gasteiger partial charge in [-0.05, 0) is 61.6 Å². The molecule has 36 heavy (non-hydrogen) atoms. The number of pyridine rings is 2. The van der Waals surface area contributed by atoms with Crippen LogP contribution >= 0.6 is 11.8 Å². The van der Waals surface area contributed by atoms with Gasteiger partial charge in [-0.15, -0.1) is 11.8 Å². The number of hydrogen-bond donors (Lipinski definition) is 2. The van der Waals surface area contributed by atoms with Crippen molar-refractivity contribution < 1.29 is 14.3 Å². The molecule has 0 bridgehead atoms. The number of amides is 2. The molecular formula is C26H24N6O3S. The summed E-state index contributed by atoms with van der Waals surface area (Å²) in [5.41, 5.74) is 6.63. The fourth-order valence-corrected chi connectivity index (χ4v) is 5.66. The van der Waals surface area contributed by atoms with Crippen LogP contribution in [0.2, 0.25) is 0 Å². The van der Waals surface area contributed by atoms with Crippen molar-refractivity contribution in [1.29, 1.82) is 0 Å². The molecule has 0 spiro atoms. The maximum Gasteiger partial charge on any atom is 0.251 e. The molecule has 0 fully saturated rings. The van der Waals surface area contributed by atoms with E-state index in [0.29, 0.717) is 29.3 Å². The third kappa shape index (κ3) is 4.07. The summed E-state index contributed by atoms with van der Waals surface area (Å²) in [4.78, 5) is 34.9. The lowest BCUT2D eigenvalue weighted by Gasteiger charge is -2.24. The van der Waals surface area contributed by atoms with Crippen molar-refractivity contribution in [3.8, 4) is 11.6 Å². The number of hydrogen-bond acceptors (Lipinski definition) is 7. The number of aryl methyl sites for hydroxylation is 2. The Labute approximate surface area is 211 Å². The molecule has 0 saturated carbocycles. The van der Waals surface area contributed by atoms with Crippen LogP contribution in [0.4, 0.5) is 5.69 Å². The Morgan fingerprint density at radius 1 is 1.28 bits per heavy atom. The Bertz CT molecular complexity index is 1530. The monoisotopic (exact) mass is 500 g/mol. The molecule has 1 aromatic carbocycles. The van der Waals surface area contributed by atoms with E-state index in [1.54, 1.807) is 25.4 Å². The number of thioether (sulfide) groups is 1. The van der Waals surface area contributed by atoms with Crippen LogP contribution in [-0.2, 0) is 17.6 Å². The first-order chi connectivity index (χ1) is 17.5.